The van der Waals surface area contributed by atoms with Crippen molar-refractivity contribution >= 4 is 6.09 Å². The number of alkyl carbamates (subject to hydrolysis) is 1. The van der Waals surface area contributed by atoms with Crippen molar-refractivity contribution in [3.8, 4) is 0 Å². The summed E-state index contributed by atoms with van der Waals surface area (Å²) in [4.78, 5) is 12.1. The minimum Gasteiger partial charge on any atom is -0.444 e. The largest absolute Gasteiger partial charge is 0.444 e. The average molecular weight is 285 g/mol. The van der Waals surface area contributed by atoms with Crippen molar-refractivity contribution in [2.45, 2.75) is 84.3 Å². The van der Waals surface area contributed by atoms with E-state index >= 15 is 0 Å². The van der Waals surface area contributed by atoms with Crippen LogP contribution in [0.1, 0.15) is 73.1 Å². The van der Waals surface area contributed by atoms with E-state index in [0.29, 0.717) is 0 Å². The standard InChI is InChI=1S/C16H31NO3/c1-14(2,3)20-13(19)17-16(9-7-6-8-10-16)11-15(4,5)12-18/h18H,6-12H2,1-5H3,(H,17,19). The van der Waals surface area contributed by atoms with Crippen LogP contribution in [-0.2, 0) is 4.74 Å². The van der Waals surface area contributed by atoms with Crippen LogP contribution in [0.5, 0.6) is 0 Å². The number of carbonyl (C=O) groups is 1. The Morgan fingerprint density at radius 3 is 2.15 bits per heavy atom. The number of hydrogen-bond donors (Lipinski definition) is 2. The topological polar surface area (TPSA) is 58.6 Å². The Balaban J connectivity index is 2.76. The molecule has 2 N–H and O–H groups in total. The van der Waals surface area contributed by atoms with E-state index in [0.717, 1.165) is 32.1 Å². The summed E-state index contributed by atoms with van der Waals surface area (Å²) < 4.78 is 5.40. The molecule has 0 spiro atoms. The zero-order chi connectivity index (χ0) is 15.4. The number of nitrogens with one attached hydrogen (secondary N) is 1. The van der Waals surface area contributed by atoms with Gasteiger partial charge in [0.1, 0.15) is 5.60 Å². The van der Waals surface area contributed by atoms with Gasteiger partial charge in [0.2, 0.25) is 0 Å². The maximum absolute atomic E-state index is 12.1. The highest BCUT2D eigenvalue weighted by atomic mass is 16.6. The van der Waals surface area contributed by atoms with Gasteiger partial charge in [-0.3, -0.25) is 0 Å². The molecule has 0 bridgehead atoms. The second-order valence-corrected chi connectivity index (χ2v) is 7.97. The predicted octanol–water partition coefficient (Wildman–Crippen LogP) is 3.62. The van der Waals surface area contributed by atoms with E-state index in [1.165, 1.54) is 6.42 Å². The van der Waals surface area contributed by atoms with Gasteiger partial charge in [0.15, 0.2) is 0 Å². The van der Waals surface area contributed by atoms with Gasteiger partial charge in [0.05, 0.1) is 0 Å². The normalized spacial score (nSPS) is 19.5. The number of aliphatic hydroxyl groups is 1. The first-order valence-corrected chi connectivity index (χ1v) is 7.70. The molecule has 0 aromatic heterocycles. The lowest BCUT2D eigenvalue weighted by Crippen LogP contribution is -2.53. The van der Waals surface area contributed by atoms with Gasteiger partial charge in [-0.1, -0.05) is 33.1 Å². The van der Waals surface area contributed by atoms with E-state index in [1.54, 1.807) is 0 Å². The highest BCUT2D eigenvalue weighted by Gasteiger charge is 2.39. The summed E-state index contributed by atoms with van der Waals surface area (Å²) in [7, 11) is 0. The van der Waals surface area contributed by atoms with Gasteiger partial charge in [-0.25, -0.2) is 4.79 Å². The van der Waals surface area contributed by atoms with Crippen LogP contribution in [-0.4, -0.2) is 28.9 Å². The molecule has 0 atom stereocenters. The van der Waals surface area contributed by atoms with Crippen LogP contribution in [0.2, 0.25) is 0 Å². The van der Waals surface area contributed by atoms with E-state index in [9.17, 15) is 9.90 Å². The Bertz CT molecular complexity index is 325. The van der Waals surface area contributed by atoms with Crippen LogP contribution in [0.3, 0.4) is 0 Å². The van der Waals surface area contributed by atoms with E-state index in [4.69, 9.17) is 4.74 Å². The van der Waals surface area contributed by atoms with E-state index < -0.39 is 5.60 Å². The van der Waals surface area contributed by atoms with Crippen LogP contribution in [0.15, 0.2) is 0 Å². The molecule has 4 heteroatoms. The van der Waals surface area contributed by atoms with Crippen LogP contribution >= 0.6 is 0 Å². The second-order valence-electron chi connectivity index (χ2n) is 7.97. The molecule has 1 aliphatic carbocycles. The summed E-state index contributed by atoms with van der Waals surface area (Å²) in [6.45, 7) is 9.83. The monoisotopic (exact) mass is 285 g/mol. The maximum Gasteiger partial charge on any atom is 0.408 e. The molecule has 1 amide bonds. The Morgan fingerprint density at radius 1 is 1.15 bits per heavy atom. The molecule has 0 unspecified atom stereocenters. The number of amides is 1. The fourth-order valence-electron chi connectivity index (χ4n) is 3.07. The van der Waals surface area contributed by atoms with Crippen molar-refractivity contribution in [2.75, 3.05) is 6.61 Å². The second kappa shape index (κ2) is 6.33. The van der Waals surface area contributed by atoms with Gasteiger partial charge in [0, 0.05) is 12.1 Å². The van der Waals surface area contributed by atoms with Gasteiger partial charge in [-0.05, 0) is 45.4 Å². The van der Waals surface area contributed by atoms with Gasteiger partial charge < -0.3 is 15.2 Å². The fraction of sp³-hybridized carbons (Fsp3) is 0.938. The number of rotatable bonds is 4. The van der Waals surface area contributed by atoms with Gasteiger partial charge >= 0.3 is 6.09 Å². The van der Waals surface area contributed by atoms with Crippen LogP contribution in [0.25, 0.3) is 0 Å². The molecular formula is C16H31NO3. The van der Waals surface area contributed by atoms with Crippen LogP contribution in [0.4, 0.5) is 4.79 Å². The fourth-order valence-corrected chi connectivity index (χ4v) is 3.07. The molecule has 1 rings (SSSR count). The summed E-state index contributed by atoms with van der Waals surface area (Å²) >= 11 is 0. The molecule has 0 heterocycles. The lowest BCUT2D eigenvalue weighted by Gasteiger charge is -2.43. The molecule has 20 heavy (non-hydrogen) atoms. The average Bonchev–Trinajstić information content (AvgIpc) is 2.26. The molecule has 1 aliphatic rings. The Kier molecular flexibility index (Phi) is 5.47. The molecule has 0 saturated heterocycles. The molecule has 4 nitrogen and oxygen atoms in total. The van der Waals surface area contributed by atoms with E-state index in [-0.39, 0.29) is 23.7 Å². The number of carbonyl (C=O) groups excluding carboxylic acids is 1. The summed E-state index contributed by atoms with van der Waals surface area (Å²) in [6.07, 6.45) is 5.85. The Labute approximate surface area is 123 Å². The van der Waals surface area contributed by atoms with Crippen molar-refractivity contribution in [3.05, 3.63) is 0 Å². The highest BCUT2D eigenvalue weighted by molar-refractivity contribution is 5.68. The predicted molar refractivity (Wildman–Crippen MR) is 80.7 cm³/mol. The maximum atomic E-state index is 12.1. The molecule has 0 aliphatic heterocycles. The van der Waals surface area contributed by atoms with Crippen molar-refractivity contribution in [1.29, 1.82) is 0 Å². The highest BCUT2D eigenvalue weighted by Crippen LogP contribution is 2.38. The first-order valence-electron chi connectivity index (χ1n) is 7.70. The number of ether oxygens (including phenoxy) is 1. The quantitative estimate of drug-likeness (QED) is 0.829. The van der Waals surface area contributed by atoms with E-state index in [2.05, 4.69) is 5.32 Å². The third kappa shape index (κ3) is 5.70. The molecule has 118 valence electrons. The van der Waals surface area contributed by atoms with Crippen molar-refractivity contribution in [2.24, 2.45) is 5.41 Å². The molecule has 1 fully saturated rings. The van der Waals surface area contributed by atoms with Crippen molar-refractivity contribution in [1.82, 2.24) is 5.32 Å². The third-order valence-corrected chi connectivity index (χ3v) is 3.82. The summed E-state index contributed by atoms with van der Waals surface area (Å²) in [5.41, 5.74) is -0.897. The van der Waals surface area contributed by atoms with Gasteiger partial charge in [-0.15, -0.1) is 0 Å². The molecule has 0 radical (unpaired) electrons. The molecule has 1 saturated carbocycles. The third-order valence-electron chi connectivity index (χ3n) is 3.82. The molecule has 0 aromatic carbocycles. The smallest absolute Gasteiger partial charge is 0.408 e. The lowest BCUT2D eigenvalue weighted by molar-refractivity contribution is 0.0324. The SMILES string of the molecule is CC(C)(CO)CC1(NC(=O)OC(C)(C)C)CCCCC1. The summed E-state index contributed by atoms with van der Waals surface area (Å²) in [6, 6.07) is 0. The van der Waals surface area contributed by atoms with Crippen molar-refractivity contribution < 1.29 is 14.6 Å². The van der Waals surface area contributed by atoms with Crippen LogP contribution < -0.4 is 5.32 Å². The van der Waals surface area contributed by atoms with E-state index in [1.807, 2.05) is 34.6 Å². The van der Waals surface area contributed by atoms with Crippen molar-refractivity contribution in [3.63, 3.8) is 0 Å². The molecule has 0 aromatic rings. The van der Waals surface area contributed by atoms with Gasteiger partial charge in [-0.2, -0.15) is 0 Å². The molecular weight excluding hydrogens is 254 g/mol. The zero-order valence-electron chi connectivity index (χ0n) is 13.7. The number of hydrogen-bond acceptors (Lipinski definition) is 3. The Morgan fingerprint density at radius 2 is 1.70 bits per heavy atom. The first-order chi connectivity index (χ1) is 9.08. The first kappa shape index (κ1) is 17.3. The minimum atomic E-state index is -0.480. The summed E-state index contributed by atoms with van der Waals surface area (Å²) in [5.74, 6) is 0. The minimum absolute atomic E-state index is 0.130. The number of aliphatic hydroxyl groups excluding tert-OH is 1. The van der Waals surface area contributed by atoms with Crippen LogP contribution in [0, 0.1) is 5.41 Å². The Hall–Kier alpha value is -0.770. The summed E-state index contributed by atoms with van der Waals surface area (Å²) in [5, 5.41) is 12.6. The van der Waals surface area contributed by atoms with Gasteiger partial charge in [0.25, 0.3) is 0 Å². The lowest BCUT2D eigenvalue weighted by atomic mass is 9.71. The zero-order valence-corrected chi connectivity index (χ0v) is 13.7.